The summed E-state index contributed by atoms with van der Waals surface area (Å²) in [5.41, 5.74) is 1.32. The van der Waals surface area contributed by atoms with Gasteiger partial charge in [0.25, 0.3) is 0 Å². The molecule has 2 fully saturated rings. The zero-order valence-electron chi connectivity index (χ0n) is 7.82. The summed E-state index contributed by atoms with van der Waals surface area (Å²) in [6.07, 6.45) is 2.63. The largest absolute Gasteiger partial charge is 0.347 e. The molecule has 0 unspecified atom stereocenters. The summed E-state index contributed by atoms with van der Waals surface area (Å²) >= 11 is 7.17. The Morgan fingerprint density at radius 2 is 2.14 bits per heavy atom. The first-order valence-electron chi connectivity index (χ1n) is 5.02. The topological polar surface area (TPSA) is 28.7 Å². The number of H-pyrrole nitrogens is 1. The van der Waals surface area contributed by atoms with Crippen LogP contribution in [0.15, 0.2) is 6.07 Å². The molecule has 3 rings (SSSR count). The fourth-order valence-electron chi connectivity index (χ4n) is 1.70. The molecule has 0 spiro atoms. The minimum absolute atomic E-state index is 0.625. The van der Waals surface area contributed by atoms with Gasteiger partial charge in [-0.05, 0) is 24.8 Å². The van der Waals surface area contributed by atoms with Gasteiger partial charge >= 0.3 is 0 Å². The predicted octanol–water partition coefficient (Wildman–Crippen LogP) is 2.85. The van der Waals surface area contributed by atoms with Gasteiger partial charge in [-0.1, -0.05) is 12.2 Å². The van der Waals surface area contributed by atoms with Crippen LogP contribution in [0, 0.1) is 4.64 Å². The monoisotopic (exact) mass is 224 g/mol. The number of aromatic nitrogens is 2. The highest BCUT2D eigenvalue weighted by atomic mass is 32.2. The van der Waals surface area contributed by atoms with E-state index in [2.05, 4.69) is 9.97 Å². The number of aromatic amines is 1. The molecule has 1 N–H and O–H groups in total. The molecule has 1 saturated carbocycles. The standard InChI is InChI=1S/C10H12N2S2/c13-9-3-8(6-1-2-6)11-10(12-9)7-4-14-5-7/h3,6-7H,1-2,4-5H2,(H,11,12,13). The molecule has 4 heteroatoms. The molecule has 1 saturated heterocycles. The van der Waals surface area contributed by atoms with E-state index < -0.39 is 0 Å². The number of nitrogens with zero attached hydrogens (tertiary/aromatic N) is 1. The highest BCUT2D eigenvalue weighted by Crippen LogP contribution is 2.40. The fraction of sp³-hybridized carbons (Fsp3) is 0.600. The molecular formula is C10H12N2S2. The minimum atomic E-state index is 0.625. The van der Waals surface area contributed by atoms with Crippen LogP contribution in [0.2, 0.25) is 0 Å². The molecule has 2 nitrogen and oxygen atoms in total. The van der Waals surface area contributed by atoms with E-state index in [9.17, 15) is 0 Å². The van der Waals surface area contributed by atoms with Gasteiger partial charge in [-0.3, -0.25) is 0 Å². The molecule has 0 aromatic carbocycles. The molecular weight excluding hydrogens is 212 g/mol. The van der Waals surface area contributed by atoms with Gasteiger partial charge in [0.15, 0.2) is 0 Å². The molecule has 1 aromatic rings. The zero-order chi connectivity index (χ0) is 9.54. The minimum Gasteiger partial charge on any atom is -0.347 e. The summed E-state index contributed by atoms with van der Waals surface area (Å²) in [4.78, 5) is 7.87. The van der Waals surface area contributed by atoms with E-state index in [0.29, 0.717) is 5.92 Å². The van der Waals surface area contributed by atoms with Crippen molar-refractivity contribution in [1.82, 2.24) is 9.97 Å². The van der Waals surface area contributed by atoms with Gasteiger partial charge in [-0.15, -0.1) is 0 Å². The van der Waals surface area contributed by atoms with Crippen molar-refractivity contribution in [3.63, 3.8) is 0 Å². The van der Waals surface area contributed by atoms with Gasteiger partial charge in [-0.25, -0.2) is 4.98 Å². The number of hydrogen-bond acceptors (Lipinski definition) is 3. The third-order valence-electron chi connectivity index (χ3n) is 2.82. The maximum atomic E-state index is 5.19. The Morgan fingerprint density at radius 1 is 1.36 bits per heavy atom. The van der Waals surface area contributed by atoms with Crippen LogP contribution in [0.4, 0.5) is 0 Å². The number of nitrogens with one attached hydrogen (secondary N) is 1. The molecule has 1 aliphatic heterocycles. The molecule has 2 heterocycles. The Labute approximate surface area is 92.5 Å². The fourth-order valence-corrected chi connectivity index (χ4v) is 2.71. The van der Waals surface area contributed by atoms with Gasteiger partial charge in [0.2, 0.25) is 0 Å². The normalized spacial score (nSPS) is 22.0. The van der Waals surface area contributed by atoms with E-state index in [0.717, 1.165) is 16.4 Å². The van der Waals surface area contributed by atoms with Crippen molar-refractivity contribution in [3.8, 4) is 0 Å². The van der Waals surface area contributed by atoms with Gasteiger partial charge < -0.3 is 4.98 Å². The van der Waals surface area contributed by atoms with Gasteiger partial charge in [-0.2, -0.15) is 11.8 Å². The van der Waals surface area contributed by atoms with Crippen molar-refractivity contribution in [2.24, 2.45) is 0 Å². The summed E-state index contributed by atoms with van der Waals surface area (Å²) in [6.45, 7) is 0. The van der Waals surface area contributed by atoms with Gasteiger partial charge in [0, 0.05) is 23.1 Å². The molecule has 0 atom stereocenters. The maximum absolute atomic E-state index is 5.19. The summed E-state index contributed by atoms with van der Waals surface area (Å²) in [6, 6.07) is 2.03. The lowest BCUT2D eigenvalue weighted by Crippen LogP contribution is -2.19. The Kier molecular flexibility index (Phi) is 2.13. The van der Waals surface area contributed by atoms with Crippen LogP contribution in [0.1, 0.15) is 36.2 Å². The average molecular weight is 224 g/mol. The van der Waals surface area contributed by atoms with E-state index >= 15 is 0 Å². The summed E-state index contributed by atoms with van der Waals surface area (Å²) in [5, 5.41) is 0. The van der Waals surface area contributed by atoms with Crippen molar-refractivity contribution in [3.05, 3.63) is 22.2 Å². The Balaban J connectivity index is 1.97. The van der Waals surface area contributed by atoms with E-state index in [1.807, 2.05) is 17.8 Å². The highest BCUT2D eigenvalue weighted by molar-refractivity contribution is 8.00. The lowest BCUT2D eigenvalue weighted by molar-refractivity contribution is 0.744. The van der Waals surface area contributed by atoms with Crippen LogP contribution in [0.5, 0.6) is 0 Å². The SMILES string of the molecule is S=c1cc(C2CC2)[nH]c(C2CSC2)n1. The molecule has 0 radical (unpaired) electrons. The van der Waals surface area contributed by atoms with Crippen LogP contribution in [-0.2, 0) is 0 Å². The molecule has 2 aliphatic rings. The highest BCUT2D eigenvalue weighted by Gasteiger charge is 2.27. The lowest BCUT2D eigenvalue weighted by atomic mass is 10.1. The van der Waals surface area contributed by atoms with Crippen molar-refractivity contribution < 1.29 is 0 Å². The molecule has 0 amide bonds. The lowest BCUT2D eigenvalue weighted by Gasteiger charge is -2.24. The van der Waals surface area contributed by atoms with Crippen molar-refractivity contribution in [1.29, 1.82) is 0 Å². The van der Waals surface area contributed by atoms with Crippen LogP contribution in [0.25, 0.3) is 0 Å². The Bertz CT molecular complexity index is 405. The molecule has 14 heavy (non-hydrogen) atoms. The van der Waals surface area contributed by atoms with Crippen molar-refractivity contribution in [2.45, 2.75) is 24.7 Å². The molecule has 1 aromatic heterocycles. The van der Waals surface area contributed by atoms with Crippen LogP contribution in [0.3, 0.4) is 0 Å². The summed E-state index contributed by atoms with van der Waals surface area (Å²) in [5.74, 6) is 4.89. The second-order valence-electron chi connectivity index (χ2n) is 4.07. The summed E-state index contributed by atoms with van der Waals surface area (Å²) in [7, 11) is 0. The third kappa shape index (κ3) is 1.61. The Morgan fingerprint density at radius 3 is 2.71 bits per heavy atom. The maximum Gasteiger partial charge on any atom is 0.130 e. The van der Waals surface area contributed by atoms with E-state index in [4.69, 9.17) is 12.2 Å². The van der Waals surface area contributed by atoms with Crippen LogP contribution < -0.4 is 0 Å². The van der Waals surface area contributed by atoms with E-state index in [-0.39, 0.29) is 0 Å². The van der Waals surface area contributed by atoms with Crippen molar-refractivity contribution >= 4 is 24.0 Å². The predicted molar refractivity (Wildman–Crippen MR) is 61.5 cm³/mol. The van der Waals surface area contributed by atoms with Crippen LogP contribution >= 0.6 is 24.0 Å². The quantitative estimate of drug-likeness (QED) is 0.783. The summed E-state index contributed by atoms with van der Waals surface area (Å²) < 4.78 is 0.762. The first-order chi connectivity index (χ1) is 6.83. The number of rotatable bonds is 2. The smallest absolute Gasteiger partial charge is 0.130 e. The Hall–Kier alpha value is -0.350. The average Bonchev–Trinajstić information content (AvgIpc) is 2.80. The van der Waals surface area contributed by atoms with E-state index in [1.54, 1.807) is 0 Å². The first-order valence-corrected chi connectivity index (χ1v) is 6.58. The number of hydrogen-bond donors (Lipinski definition) is 1. The molecule has 1 aliphatic carbocycles. The molecule has 0 bridgehead atoms. The van der Waals surface area contributed by atoms with Gasteiger partial charge in [0.05, 0.1) is 0 Å². The van der Waals surface area contributed by atoms with Gasteiger partial charge in [0.1, 0.15) is 10.5 Å². The van der Waals surface area contributed by atoms with E-state index in [1.165, 1.54) is 30.0 Å². The second kappa shape index (κ2) is 3.35. The first kappa shape index (κ1) is 8.92. The zero-order valence-corrected chi connectivity index (χ0v) is 9.46. The van der Waals surface area contributed by atoms with Crippen molar-refractivity contribution in [2.75, 3.05) is 11.5 Å². The third-order valence-corrected chi connectivity index (χ3v) is 4.31. The number of thioether (sulfide) groups is 1. The van der Waals surface area contributed by atoms with Crippen LogP contribution in [-0.4, -0.2) is 21.5 Å². The molecule has 74 valence electrons. The second-order valence-corrected chi connectivity index (χ2v) is 5.56.